The van der Waals surface area contributed by atoms with Gasteiger partial charge in [0.05, 0.1) is 22.5 Å². The van der Waals surface area contributed by atoms with Gasteiger partial charge in [-0.05, 0) is 96.2 Å². The van der Waals surface area contributed by atoms with Gasteiger partial charge in [-0.3, -0.25) is 24.1 Å². The second kappa shape index (κ2) is 10.3. The number of Topliss-reactive ketones (excluding diaryl/α,β-unsaturated/α-hetero) is 1. The largest absolute Gasteiger partial charge is 0.508 e. The van der Waals surface area contributed by atoms with Gasteiger partial charge in [0.1, 0.15) is 5.75 Å². The highest BCUT2D eigenvalue weighted by Crippen LogP contribution is 2.55. The van der Waals surface area contributed by atoms with E-state index in [0.717, 1.165) is 11.1 Å². The highest BCUT2D eigenvalue weighted by atomic mass is 127. The quantitative estimate of drug-likeness (QED) is 0.211. The minimum absolute atomic E-state index is 0.0151. The average Bonchev–Trinajstić information content (AvgIpc) is 3.20. The lowest BCUT2D eigenvalue weighted by atomic mass is 9.59. The second-order valence-electron chi connectivity index (χ2n) is 11.0. The van der Waals surface area contributed by atoms with Crippen LogP contribution in [-0.4, -0.2) is 52.1 Å². The molecule has 1 heterocycles. The molecule has 210 valence electrons. The molecule has 1 fully saturated rings. The molecule has 0 bridgehead atoms. The molecule has 0 radical (unpaired) electrons. The Labute approximate surface area is 250 Å². The smallest absolute Gasteiger partial charge is 0.233 e. The van der Waals surface area contributed by atoms with Crippen LogP contribution >= 0.6 is 22.6 Å². The Kier molecular flexibility index (Phi) is 6.88. The van der Waals surface area contributed by atoms with Crippen LogP contribution in [0, 0.1) is 21.3 Å². The number of likely N-dealkylation sites (tertiary alicyclic amines) is 1. The van der Waals surface area contributed by atoms with Crippen molar-refractivity contribution in [1.82, 2.24) is 4.90 Å². The van der Waals surface area contributed by atoms with Crippen LogP contribution in [0.25, 0.3) is 0 Å². The van der Waals surface area contributed by atoms with E-state index in [9.17, 15) is 29.4 Å². The van der Waals surface area contributed by atoms with Crippen LogP contribution in [0.5, 0.6) is 17.2 Å². The SMILES string of the molecule is COc1cc(C2C3=CCC4C(=O)N(CCc5ccc(O)cc5)C(=O)C4C3CC3=C2C(=O)C=C(C)C3=O)cc(I)c1O. The van der Waals surface area contributed by atoms with Crippen molar-refractivity contribution in [3.8, 4) is 17.2 Å². The number of carbonyl (C=O) groups excluding carboxylic acids is 4. The number of halogens is 1. The lowest BCUT2D eigenvalue weighted by Crippen LogP contribution is -2.40. The van der Waals surface area contributed by atoms with Crippen LogP contribution in [-0.2, 0) is 25.6 Å². The first-order valence-electron chi connectivity index (χ1n) is 13.5. The molecule has 8 nitrogen and oxygen atoms in total. The summed E-state index contributed by atoms with van der Waals surface area (Å²) >= 11 is 2.00. The van der Waals surface area contributed by atoms with E-state index in [2.05, 4.69) is 0 Å². The fourth-order valence-corrected chi connectivity index (χ4v) is 7.49. The highest BCUT2D eigenvalue weighted by Gasteiger charge is 2.56. The van der Waals surface area contributed by atoms with Crippen LogP contribution in [0.2, 0.25) is 0 Å². The summed E-state index contributed by atoms with van der Waals surface area (Å²) in [5, 5.41) is 20.1. The summed E-state index contributed by atoms with van der Waals surface area (Å²) in [7, 11) is 1.45. The molecular weight excluding hydrogens is 637 g/mol. The average molecular weight is 665 g/mol. The summed E-state index contributed by atoms with van der Waals surface area (Å²) in [6, 6.07) is 10.1. The molecule has 2 aromatic rings. The van der Waals surface area contributed by atoms with Gasteiger partial charge in [-0.1, -0.05) is 23.8 Å². The molecule has 9 heteroatoms. The molecule has 0 saturated carbocycles. The van der Waals surface area contributed by atoms with E-state index in [1.54, 1.807) is 43.3 Å². The Hall–Kier alpha value is -3.73. The number of imide groups is 1. The molecule has 0 aromatic heterocycles. The van der Waals surface area contributed by atoms with Crippen LogP contribution in [0.4, 0.5) is 0 Å². The van der Waals surface area contributed by atoms with E-state index in [-0.39, 0.29) is 53.6 Å². The highest BCUT2D eigenvalue weighted by molar-refractivity contribution is 14.1. The zero-order valence-electron chi connectivity index (χ0n) is 22.5. The number of rotatable bonds is 5. The van der Waals surface area contributed by atoms with E-state index < -0.39 is 23.7 Å². The van der Waals surface area contributed by atoms with E-state index in [0.29, 0.717) is 38.7 Å². The van der Waals surface area contributed by atoms with Gasteiger partial charge >= 0.3 is 0 Å². The number of methoxy groups -OCH3 is 1. The molecule has 2 aromatic carbocycles. The lowest BCUT2D eigenvalue weighted by molar-refractivity contribution is -0.140. The molecule has 3 aliphatic carbocycles. The Morgan fingerprint density at radius 2 is 1.76 bits per heavy atom. The molecular formula is C32H28INO7. The van der Waals surface area contributed by atoms with E-state index in [4.69, 9.17) is 4.74 Å². The Balaban J connectivity index is 1.40. The van der Waals surface area contributed by atoms with Crippen molar-refractivity contribution in [2.45, 2.75) is 32.1 Å². The number of phenolic OH excluding ortho intramolecular Hbond substituents is 2. The number of ketones is 2. The van der Waals surface area contributed by atoms with Gasteiger partial charge in [0, 0.05) is 29.2 Å². The van der Waals surface area contributed by atoms with Crippen LogP contribution in [0.15, 0.2) is 70.8 Å². The second-order valence-corrected chi connectivity index (χ2v) is 12.2. The maximum absolute atomic E-state index is 13.9. The predicted molar refractivity (Wildman–Crippen MR) is 157 cm³/mol. The first-order valence-corrected chi connectivity index (χ1v) is 14.6. The monoisotopic (exact) mass is 665 g/mol. The third kappa shape index (κ3) is 4.41. The molecule has 2 amide bonds. The van der Waals surface area contributed by atoms with E-state index in [1.165, 1.54) is 18.1 Å². The van der Waals surface area contributed by atoms with Crippen LogP contribution in [0.3, 0.4) is 0 Å². The minimum Gasteiger partial charge on any atom is -0.508 e. The summed E-state index contributed by atoms with van der Waals surface area (Å²) in [6.45, 7) is 1.84. The zero-order chi connectivity index (χ0) is 29.2. The first-order chi connectivity index (χ1) is 19.6. The number of amides is 2. The molecule has 2 N–H and O–H groups in total. The predicted octanol–water partition coefficient (Wildman–Crippen LogP) is 4.38. The summed E-state index contributed by atoms with van der Waals surface area (Å²) in [6.07, 6.45) is 4.39. The van der Waals surface area contributed by atoms with Gasteiger partial charge in [-0.2, -0.15) is 0 Å². The molecule has 4 aliphatic rings. The summed E-state index contributed by atoms with van der Waals surface area (Å²) in [5.41, 5.74) is 3.58. The summed E-state index contributed by atoms with van der Waals surface area (Å²) in [4.78, 5) is 55.6. The summed E-state index contributed by atoms with van der Waals surface area (Å²) < 4.78 is 5.94. The Morgan fingerprint density at radius 1 is 1.02 bits per heavy atom. The number of ether oxygens (including phenoxy) is 1. The van der Waals surface area contributed by atoms with Crippen LogP contribution in [0.1, 0.15) is 36.8 Å². The molecule has 1 aliphatic heterocycles. The standard InChI is InChI=1S/C32H28INO7/c1-15-11-24(36)28-22(29(15)37)14-21-19(26(28)17-12-23(33)30(38)25(13-17)41-2)7-8-20-27(21)32(40)34(31(20)39)10-9-16-3-5-18(35)6-4-16/h3-7,11-13,20-21,26-27,35,38H,8-10,14H2,1-2H3. The van der Waals surface area contributed by atoms with Crippen molar-refractivity contribution < 1.29 is 34.1 Å². The minimum atomic E-state index is -0.633. The van der Waals surface area contributed by atoms with Crippen molar-refractivity contribution in [3.05, 3.63) is 85.5 Å². The molecule has 1 saturated heterocycles. The number of allylic oxidation sites excluding steroid dienone is 6. The van der Waals surface area contributed by atoms with E-state index >= 15 is 0 Å². The van der Waals surface area contributed by atoms with E-state index in [1.807, 2.05) is 28.7 Å². The fraction of sp³-hybridized carbons (Fsp3) is 0.312. The maximum Gasteiger partial charge on any atom is 0.233 e. The normalized spacial score (nSPS) is 25.5. The number of carbonyl (C=O) groups is 4. The van der Waals surface area contributed by atoms with Gasteiger partial charge < -0.3 is 14.9 Å². The molecule has 0 spiro atoms. The van der Waals surface area contributed by atoms with Crippen molar-refractivity contribution in [1.29, 1.82) is 0 Å². The number of benzene rings is 2. The van der Waals surface area contributed by atoms with Crippen molar-refractivity contribution in [2.75, 3.05) is 13.7 Å². The van der Waals surface area contributed by atoms with Crippen molar-refractivity contribution in [3.63, 3.8) is 0 Å². The van der Waals surface area contributed by atoms with Crippen molar-refractivity contribution >= 4 is 46.0 Å². The first kappa shape index (κ1) is 27.4. The number of nitrogens with zero attached hydrogens (tertiary/aromatic N) is 1. The number of hydrogen-bond acceptors (Lipinski definition) is 7. The maximum atomic E-state index is 13.9. The number of phenols is 2. The summed E-state index contributed by atoms with van der Waals surface area (Å²) in [5.74, 6) is -2.74. The van der Waals surface area contributed by atoms with Gasteiger partial charge in [-0.25, -0.2) is 0 Å². The molecule has 41 heavy (non-hydrogen) atoms. The molecule has 4 atom stereocenters. The van der Waals surface area contributed by atoms with Gasteiger partial charge in [0.15, 0.2) is 23.1 Å². The van der Waals surface area contributed by atoms with Crippen LogP contribution < -0.4 is 4.74 Å². The van der Waals surface area contributed by atoms with Gasteiger partial charge in [0.2, 0.25) is 11.8 Å². The molecule has 4 unspecified atom stereocenters. The van der Waals surface area contributed by atoms with Gasteiger partial charge in [-0.15, -0.1) is 0 Å². The fourth-order valence-electron chi connectivity index (χ4n) is 6.87. The number of aromatic hydroxyl groups is 2. The zero-order valence-corrected chi connectivity index (χ0v) is 24.7. The third-order valence-electron chi connectivity index (χ3n) is 8.82. The van der Waals surface area contributed by atoms with Crippen molar-refractivity contribution in [2.24, 2.45) is 17.8 Å². The Morgan fingerprint density at radius 3 is 2.46 bits per heavy atom. The Bertz CT molecular complexity index is 1620. The number of hydrogen-bond donors (Lipinski definition) is 2. The third-order valence-corrected chi connectivity index (χ3v) is 9.64. The van der Waals surface area contributed by atoms with Gasteiger partial charge in [0.25, 0.3) is 0 Å². The number of fused-ring (bicyclic) bond motifs is 3. The molecule has 6 rings (SSSR count). The topological polar surface area (TPSA) is 121 Å². The lowest BCUT2D eigenvalue weighted by Gasteiger charge is -2.42.